The minimum Gasteiger partial charge on any atom is -0.346 e. The molecule has 0 saturated heterocycles. The van der Waals surface area contributed by atoms with Gasteiger partial charge >= 0.3 is 0 Å². The van der Waals surface area contributed by atoms with E-state index < -0.39 is 5.92 Å². The van der Waals surface area contributed by atoms with E-state index >= 15 is 0 Å². The van der Waals surface area contributed by atoms with Crippen molar-refractivity contribution in [2.45, 2.75) is 38.1 Å². The third-order valence-electron chi connectivity index (χ3n) is 5.68. The maximum atomic E-state index is 14.0. The number of amides is 1. The van der Waals surface area contributed by atoms with Gasteiger partial charge in [0.25, 0.3) is 0 Å². The Balaban J connectivity index is 1.63. The zero-order valence-electron chi connectivity index (χ0n) is 18.6. The minimum atomic E-state index is -0.507. The number of nitrogens with zero attached hydrogens (tertiary/aromatic N) is 1. The van der Waals surface area contributed by atoms with Crippen LogP contribution in [-0.2, 0) is 24.1 Å². The summed E-state index contributed by atoms with van der Waals surface area (Å²) in [7, 11) is 0. The number of aryl methyl sites for hydroxylation is 1. The third-order valence-corrected chi connectivity index (χ3v) is 6.69. The molecule has 0 aliphatic heterocycles. The van der Waals surface area contributed by atoms with E-state index in [0.717, 1.165) is 28.2 Å². The summed E-state index contributed by atoms with van der Waals surface area (Å²) in [5.74, 6) is -0.975. The van der Waals surface area contributed by atoms with Gasteiger partial charge in [0.1, 0.15) is 10.8 Å². The Morgan fingerprint density at radius 3 is 2.21 bits per heavy atom. The number of nitrogens with one attached hydrogen (secondary N) is 1. The van der Waals surface area contributed by atoms with Gasteiger partial charge in [-0.1, -0.05) is 79.7 Å². The number of benzene rings is 3. The average molecular weight is 459 g/mol. The van der Waals surface area contributed by atoms with Crippen LogP contribution in [0.15, 0.2) is 90.3 Å². The van der Waals surface area contributed by atoms with Gasteiger partial charge in [0.05, 0.1) is 17.7 Å². The van der Waals surface area contributed by atoms with Crippen LogP contribution in [0.5, 0.6) is 0 Å². The van der Waals surface area contributed by atoms with Gasteiger partial charge in [-0.25, -0.2) is 9.37 Å². The Hall–Kier alpha value is -3.31. The summed E-state index contributed by atoms with van der Waals surface area (Å²) >= 11 is 1.57. The summed E-state index contributed by atoms with van der Waals surface area (Å²) in [4.78, 5) is 18.4. The van der Waals surface area contributed by atoms with Gasteiger partial charge in [-0.15, -0.1) is 11.3 Å². The number of thiazole rings is 1. The number of halogens is 1. The molecule has 0 aliphatic rings. The van der Waals surface area contributed by atoms with Crippen molar-refractivity contribution in [2.24, 2.45) is 0 Å². The highest BCUT2D eigenvalue weighted by molar-refractivity contribution is 7.09. The van der Waals surface area contributed by atoms with Gasteiger partial charge in [-0.3, -0.25) is 4.79 Å². The van der Waals surface area contributed by atoms with Crippen LogP contribution in [0.1, 0.15) is 46.3 Å². The van der Waals surface area contributed by atoms with Crippen molar-refractivity contribution in [3.63, 3.8) is 0 Å². The van der Waals surface area contributed by atoms with E-state index in [1.807, 2.05) is 60.0 Å². The molecule has 5 heteroatoms. The monoisotopic (exact) mass is 458 g/mol. The smallest absolute Gasteiger partial charge is 0.228 e. The number of hydrogen-bond acceptors (Lipinski definition) is 3. The SMILES string of the molecule is CCc1csc([C@H](Cc2ccccc2)NC(=O)C(Cc2ccccc2)c2cccc(F)c2)n1. The van der Waals surface area contributed by atoms with Crippen molar-refractivity contribution >= 4 is 17.2 Å². The number of aromatic nitrogens is 1. The van der Waals surface area contributed by atoms with Crippen LogP contribution in [0.25, 0.3) is 0 Å². The van der Waals surface area contributed by atoms with E-state index in [4.69, 9.17) is 4.98 Å². The van der Waals surface area contributed by atoms with Gasteiger partial charge < -0.3 is 5.32 Å². The molecule has 33 heavy (non-hydrogen) atoms. The highest BCUT2D eigenvalue weighted by Crippen LogP contribution is 2.27. The van der Waals surface area contributed by atoms with E-state index in [0.29, 0.717) is 18.4 Å². The van der Waals surface area contributed by atoms with Crippen LogP contribution >= 0.6 is 11.3 Å². The van der Waals surface area contributed by atoms with Crippen LogP contribution in [0.3, 0.4) is 0 Å². The van der Waals surface area contributed by atoms with E-state index in [1.165, 1.54) is 12.1 Å². The Bertz CT molecular complexity index is 1180. The Morgan fingerprint density at radius 1 is 0.939 bits per heavy atom. The molecule has 0 spiro atoms. The topological polar surface area (TPSA) is 42.0 Å². The summed E-state index contributed by atoms with van der Waals surface area (Å²) in [6, 6.07) is 26.0. The first-order valence-corrected chi connectivity index (χ1v) is 12.1. The van der Waals surface area contributed by atoms with Crippen molar-refractivity contribution in [1.29, 1.82) is 0 Å². The molecule has 0 bridgehead atoms. The van der Waals surface area contributed by atoms with Crippen molar-refractivity contribution in [3.05, 3.63) is 124 Å². The highest BCUT2D eigenvalue weighted by atomic mass is 32.1. The molecule has 0 fully saturated rings. The molecule has 4 aromatic rings. The normalized spacial score (nSPS) is 12.8. The van der Waals surface area contributed by atoms with Gasteiger partial charge in [-0.2, -0.15) is 0 Å². The van der Waals surface area contributed by atoms with Crippen molar-refractivity contribution in [2.75, 3.05) is 0 Å². The lowest BCUT2D eigenvalue weighted by Gasteiger charge is -2.22. The number of hydrogen-bond donors (Lipinski definition) is 1. The zero-order chi connectivity index (χ0) is 23.0. The van der Waals surface area contributed by atoms with Crippen molar-refractivity contribution in [1.82, 2.24) is 10.3 Å². The summed E-state index contributed by atoms with van der Waals surface area (Å²) in [5, 5.41) is 6.18. The second-order valence-electron chi connectivity index (χ2n) is 8.08. The summed E-state index contributed by atoms with van der Waals surface area (Å²) in [6.07, 6.45) is 1.99. The predicted octanol–water partition coefficient (Wildman–Crippen LogP) is 6.27. The van der Waals surface area contributed by atoms with Crippen LogP contribution < -0.4 is 5.32 Å². The molecule has 0 radical (unpaired) electrons. The molecule has 3 nitrogen and oxygen atoms in total. The first kappa shape index (κ1) is 22.9. The van der Waals surface area contributed by atoms with Crippen LogP contribution in [0.2, 0.25) is 0 Å². The molecule has 168 valence electrons. The Kier molecular flexibility index (Phi) is 7.63. The number of carbonyl (C=O) groups excluding carboxylic acids is 1. The number of carbonyl (C=O) groups is 1. The molecule has 2 atom stereocenters. The Labute approximate surface area is 198 Å². The fraction of sp³-hybridized carbons (Fsp3) is 0.214. The molecule has 1 aromatic heterocycles. The third kappa shape index (κ3) is 6.14. The lowest BCUT2D eigenvalue weighted by Crippen LogP contribution is -2.35. The van der Waals surface area contributed by atoms with E-state index in [1.54, 1.807) is 17.4 Å². The first-order chi connectivity index (χ1) is 16.1. The van der Waals surface area contributed by atoms with Crippen molar-refractivity contribution < 1.29 is 9.18 Å². The molecule has 1 unspecified atom stereocenters. The standard InChI is InChI=1S/C28H27FN2OS/c1-2-24-19-33-28(30-24)26(17-21-12-7-4-8-13-21)31-27(32)25(16-20-10-5-3-6-11-20)22-14-9-15-23(29)18-22/h3-15,18-19,25-26H,2,16-17H2,1H3,(H,31,32)/t25?,26-/m0/s1. The second-order valence-corrected chi connectivity index (χ2v) is 8.97. The average Bonchev–Trinajstić information content (AvgIpc) is 3.33. The largest absolute Gasteiger partial charge is 0.346 e. The molecular formula is C28H27FN2OS. The van der Waals surface area contributed by atoms with Gasteiger partial charge in [0.2, 0.25) is 5.91 Å². The fourth-order valence-electron chi connectivity index (χ4n) is 3.90. The summed E-state index contributed by atoms with van der Waals surface area (Å²) < 4.78 is 14.0. The first-order valence-electron chi connectivity index (χ1n) is 11.2. The molecule has 1 heterocycles. The molecule has 0 aliphatic carbocycles. The zero-order valence-corrected chi connectivity index (χ0v) is 19.4. The highest BCUT2D eigenvalue weighted by Gasteiger charge is 2.26. The lowest BCUT2D eigenvalue weighted by atomic mass is 9.90. The fourth-order valence-corrected chi connectivity index (χ4v) is 4.85. The summed E-state index contributed by atoms with van der Waals surface area (Å²) in [5.41, 5.74) is 3.85. The maximum absolute atomic E-state index is 14.0. The Morgan fingerprint density at radius 2 is 1.61 bits per heavy atom. The molecular weight excluding hydrogens is 431 g/mol. The molecule has 3 aromatic carbocycles. The second kappa shape index (κ2) is 11.0. The van der Waals surface area contributed by atoms with E-state index in [-0.39, 0.29) is 17.8 Å². The van der Waals surface area contributed by atoms with Gasteiger partial charge in [0.15, 0.2) is 0 Å². The van der Waals surface area contributed by atoms with E-state index in [2.05, 4.69) is 24.4 Å². The van der Waals surface area contributed by atoms with Gasteiger partial charge in [-0.05, 0) is 48.1 Å². The van der Waals surface area contributed by atoms with Gasteiger partial charge in [0, 0.05) is 5.38 Å². The minimum absolute atomic E-state index is 0.126. The van der Waals surface area contributed by atoms with Crippen molar-refractivity contribution in [3.8, 4) is 0 Å². The number of rotatable bonds is 9. The molecule has 4 rings (SSSR count). The lowest BCUT2D eigenvalue weighted by molar-refractivity contribution is -0.123. The van der Waals surface area contributed by atoms with Crippen LogP contribution in [0.4, 0.5) is 4.39 Å². The molecule has 1 amide bonds. The molecule has 1 N–H and O–H groups in total. The van der Waals surface area contributed by atoms with Crippen LogP contribution in [0, 0.1) is 5.82 Å². The van der Waals surface area contributed by atoms with Crippen LogP contribution in [-0.4, -0.2) is 10.9 Å². The van der Waals surface area contributed by atoms with E-state index in [9.17, 15) is 9.18 Å². The maximum Gasteiger partial charge on any atom is 0.228 e. The quantitative estimate of drug-likeness (QED) is 0.321. The summed E-state index contributed by atoms with van der Waals surface area (Å²) in [6.45, 7) is 2.07. The predicted molar refractivity (Wildman–Crippen MR) is 132 cm³/mol. The molecule has 0 saturated carbocycles.